The molecule has 0 aliphatic carbocycles. The smallest absolute Gasteiger partial charge is 0.408 e. The first-order valence-electron chi connectivity index (χ1n) is 8.64. The number of carbonyl (C=O) groups is 2. The lowest BCUT2D eigenvalue weighted by Crippen LogP contribution is -2.47. The number of amides is 2. The minimum atomic E-state index is -0.742. The van der Waals surface area contributed by atoms with Crippen molar-refractivity contribution in [3.63, 3.8) is 0 Å². The van der Waals surface area contributed by atoms with Crippen LogP contribution in [0.3, 0.4) is 0 Å². The highest BCUT2D eigenvalue weighted by Gasteiger charge is 2.24. The number of hydrogen-bond acceptors (Lipinski definition) is 3. The number of benzene rings is 2. The third-order valence-electron chi connectivity index (χ3n) is 3.61. The van der Waals surface area contributed by atoms with Gasteiger partial charge in [-0.25, -0.2) is 4.79 Å². The Morgan fingerprint density at radius 3 is 2.19 bits per heavy atom. The van der Waals surface area contributed by atoms with Gasteiger partial charge in [0, 0.05) is 12.1 Å². The molecule has 0 bridgehead atoms. The van der Waals surface area contributed by atoms with Gasteiger partial charge in [-0.15, -0.1) is 0 Å². The highest BCUT2D eigenvalue weighted by molar-refractivity contribution is 5.96. The fraction of sp³-hybridized carbons (Fsp3) is 0.333. The van der Waals surface area contributed by atoms with Crippen LogP contribution < -0.4 is 10.6 Å². The first-order chi connectivity index (χ1) is 12.2. The average molecular weight is 354 g/mol. The van der Waals surface area contributed by atoms with Gasteiger partial charge in [0.1, 0.15) is 11.6 Å². The molecule has 2 rings (SSSR count). The summed E-state index contributed by atoms with van der Waals surface area (Å²) < 4.78 is 5.29. The lowest BCUT2D eigenvalue weighted by molar-refractivity contribution is -0.118. The van der Waals surface area contributed by atoms with Gasteiger partial charge in [-0.3, -0.25) is 4.79 Å². The zero-order chi connectivity index (χ0) is 19.2. The molecule has 5 nitrogen and oxygen atoms in total. The molecule has 0 aliphatic heterocycles. The van der Waals surface area contributed by atoms with E-state index in [-0.39, 0.29) is 5.91 Å². The largest absolute Gasteiger partial charge is 0.444 e. The molecule has 5 heteroatoms. The molecule has 0 spiro atoms. The van der Waals surface area contributed by atoms with Crippen molar-refractivity contribution in [1.29, 1.82) is 0 Å². The fourth-order valence-electron chi connectivity index (χ4n) is 2.38. The Balaban J connectivity index is 2.11. The highest BCUT2D eigenvalue weighted by atomic mass is 16.6. The molecular formula is C21H26N2O3. The van der Waals surface area contributed by atoms with Gasteiger partial charge in [0.2, 0.25) is 5.91 Å². The number of aryl methyl sites for hydroxylation is 1. The first kappa shape index (κ1) is 19.5. The Hall–Kier alpha value is -2.82. The molecule has 2 aromatic carbocycles. The quantitative estimate of drug-likeness (QED) is 0.850. The van der Waals surface area contributed by atoms with Crippen LogP contribution in [0.1, 0.15) is 31.9 Å². The second-order valence-electron chi connectivity index (χ2n) is 7.24. The molecule has 138 valence electrons. The molecule has 2 aromatic rings. The van der Waals surface area contributed by atoms with E-state index in [1.54, 1.807) is 20.8 Å². The van der Waals surface area contributed by atoms with Crippen LogP contribution in [0.4, 0.5) is 10.5 Å². The molecule has 0 radical (unpaired) electrons. The molecule has 2 N–H and O–H groups in total. The van der Waals surface area contributed by atoms with Crippen LogP contribution in [0.15, 0.2) is 54.6 Å². The van der Waals surface area contributed by atoms with Crippen LogP contribution >= 0.6 is 0 Å². The van der Waals surface area contributed by atoms with Crippen molar-refractivity contribution in [2.45, 2.75) is 45.8 Å². The lowest BCUT2D eigenvalue weighted by Gasteiger charge is -2.23. The van der Waals surface area contributed by atoms with Gasteiger partial charge in [0.25, 0.3) is 0 Å². The maximum atomic E-state index is 12.7. The molecule has 1 atom stereocenters. The molecule has 0 aromatic heterocycles. The van der Waals surface area contributed by atoms with Crippen LogP contribution in [-0.4, -0.2) is 23.6 Å². The summed E-state index contributed by atoms with van der Waals surface area (Å²) in [6.45, 7) is 7.33. The molecule has 0 heterocycles. The van der Waals surface area contributed by atoms with Crippen molar-refractivity contribution in [3.8, 4) is 0 Å². The van der Waals surface area contributed by atoms with Gasteiger partial charge in [-0.05, 0) is 45.4 Å². The van der Waals surface area contributed by atoms with Crippen molar-refractivity contribution >= 4 is 17.7 Å². The summed E-state index contributed by atoms with van der Waals surface area (Å²) in [5, 5.41) is 5.53. The van der Waals surface area contributed by atoms with E-state index in [1.807, 2.05) is 61.5 Å². The van der Waals surface area contributed by atoms with E-state index in [0.717, 1.165) is 11.1 Å². The van der Waals surface area contributed by atoms with Crippen LogP contribution in [0, 0.1) is 6.92 Å². The molecular weight excluding hydrogens is 328 g/mol. The molecule has 0 saturated carbocycles. The van der Waals surface area contributed by atoms with Gasteiger partial charge in [-0.1, -0.05) is 48.0 Å². The van der Waals surface area contributed by atoms with Crippen molar-refractivity contribution in [2.75, 3.05) is 5.32 Å². The zero-order valence-corrected chi connectivity index (χ0v) is 15.7. The average Bonchev–Trinajstić information content (AvgIpc) is 2.55. The minimum absolute atomic E-state index is 0.288. The molecule has 2 amide bonds. The van der Waals surface area contributed by atoms with E-state index in [9.17, 15) is 9.59 Å². The Morgan fingerprint density at radius 2 is 1.62 bits per heavy atom. The van der Waals surface area contributed by atoms with E-state index in [0.29, 0.717) is 12.1 Å². The van der Waals surface area contributed by atoms with Crippen LogP contribution in [0.2, 0.25) is 0 Å². The van der Waals surface area contributed by atoms with Gasteiger partial charge < -0.3 is 15.4 Å². The molecule has 26 heavy (non-hydrogen) atoms. The van der Waals surface area contributed by atoms with E-state index in [2.05, 4.69) is 10.6 Å². The molecule has 0 fully saturated rings. The summed E-state index contributed by atoms with van der Waals surface area (Å²) in [6.07, 6.45) is -0.241. The standard InChI is InChI=1S/C21H26N2O3/c1-15-10-12-17(13-11-15)22-19(24)18(14-16-8-6-5-7-9-16)23-20(25)26-21(2,3)4/h5-13,18H,14H2,1-4H3,(H,22,24)(H,23,25). The number of carbonyl (C=O) groups excluding carboxylic acids is 2. The maximum absolute atomic E-state index is 12.7. The highest BCUT2D eigenvalue weighted by Crippen LogP contribution is 2.12. The van der Waals surface area contributed by atoms with Crippen LogP contribution in [0.5, 0.6) is 0 Å². The zero-order valence-electron chi connectivity index (χ0n) is 15.7. The Morgan fingerprint density at radius 1 is 1.00 bits per heavy atom. The van der Waals surface area contributed by atoms with E-state index < -0.39 is 17.7 Å². The van der Waals surface area contributed by atoms with Crippen molar-refractivity contribution < 1.29 is 14.3 Å². The predicted molar refractivity (Wildman–Crippen MR) is 103 cm³/mol. The van der Waals surface area contributed by atoms with Crippen LogP contribution in [0.25, 0.3) is 0 Å². The summed E-state index contributed by atoms with van der Waals surface area (Å²) >= 11 is 0. The third-order valence-corrected chi connectivity index (χ3v) is 3.61. The van der Waals surface area contributed by atoms with E-state index >= 15 is 0 Å². The number of ether oxygens (including phenoxy) is 1. The summed E-state index contributed by atoms with van der Waals surface area (Å²) in [5.41, 5.74) is 2.11. The van der Waals surface area contributed by atoms with E-state index in [4.69, 9.17) is 4.74 Å². The number of nitrogens with one attached hydrogen (secondary N) is 2. The lowest BCUT2D eigenvalue weighted by atomic mass is 10.1. The Kier molecular flexibility index (Phi) is 6.39. The number of hydrogen-bond donors (Lipinski definition) is 2. The second-order valence-corrected chi connectivity index (χ2v) is 7.24. The maximum Gasteiger partial charge on any atom is 0.408 e. The molecule has 0 aliphatic rings. The Labute approximate surface area is 154 Å². The van der Waals surface area contributed by atoms with Gasteiger partial charge >= 0.3 is 6.09 Å². The fourth-order valence-corrected chi connectivity index (χ4v) is 2.38. The summed E-state index contributed by atoms with van der Waals surface area (Å²) in [4.78, 5) is 24.9. The first-order valence-corrected chi connectivity index (χ1v) is 8.64. The summed E-state index contributed by atoms with van der Waals surface area (Å²) in [6, 6.07) is 16.3. The minimum Gasteiger partial charge on any atom is -0.444 e. The van der Waals surface area contributed by atoms with Gasteiger partial charge in [0.15, 0.2) is 0 Å². The third kappa shape index (κ3) is 6.59. The van der Waals surface area contributed by atoms with E-state index in [1.165, 1.54) is 0 Å². The van der Waals surface area contributed by atoms with Gasteiger partial charge in [0.05, 0.1) is 0 Å². The van der Waals surface area contributed by atoms with Crippen molar-refractivity contribution in [2.24, 2.45) is 0 Å². The topological polar surface area (TPSA) is 67.4 Å². The number of rotatable bonds is 5. The monoisotopic (exact) mass is 354 g/mol. The molecule has 1 unspecified atom stereocenters. The second kappa shape index (κ2) is 8.52. The Bertz CT molecular complexity index is 734. The van der Waals surface area contributed by atoms with Crippen molar-refractivity contribution in [1.82, 2.24) is 5.32 Å². The predicted octanol–water partition coefficient (Wildman–Crippen LogP) is 4.07. The molecule has 0 saturated heterocycles. The number of alkyl carbamates (subject to hydrolysis) is 1. The summed E-state index contributed by atoms with van der Waals surface area (Å²) in [5.74, 6) is -0.288. The van der Waals surface area contributed by atoms with Gasteiger partial charge in [-0.2, -0.15) is 0 Å². The van der Waals surface area contributed by atoms with Crippen molar-refractivity contribution in [3.05, 3.63) is 65.7 Å². The number of anilines is 1. The SMILES string of the molecule is Cc1ccc(NC(=O)C(Cc2ccccc2)NC(=O)OC(C)(C)C)cc1. The summed E-state index contributed by atoms with van der Waals surface area (Å²) in [7, 11) is 0. The normalized spacial score (nSPS) is 12.2. The van der Waals surface area contributed by atoms with Crippen LogP contribution in [-0.2, 0) is 16.0 Å².